The molecule has 144 valence electrons. The van der Waals surface area contributed by atoms with Crippen LogP contribution in [0.25, 0.3) is 16.6 Å². The van der Waals surface area contributed by atoms with Gasteiger partial charge in [0.25, 0.3) is 5.91 Å². The van der Waals surface area contributed by atoms with Crippen molar-refractivity contribution in [1.82, 2.24) is 15.0 Å². The molecule has 2 aliphatic rings. The average Bonchev–Trinajstić information content (AvgIpc) is 3.39. The lowest BCUT2D eigenvalue weighted by atomic mass is 9.93. The molecule has 1 fully saturated rings. The predicted octanol–water partition coefficient (Wildman–Crippen LogP) is 3.80. The summed E-state index contributed by atoms with van der Waals surface area (Å²) in [6, 6.07) is 1.75. The maximum atomic E-state index is 13.3. The van der Waals surface area contributed by atoms with Crippen molar-refractivity contribution in [2.45, 2.75) is 25.2 Å². The first-order chi connectivity index (χ1) is 13.4. The SMILES string of the molecule is CC1c2[nH]c(NC(=O)c3csc(-c4ccoc4)n3)nc2C=C2OC(F)(F)OC21. The molecule has 1 aliphatic heterocycles. The normalized spacial score (nSPS) is 22.2. The molecule has 11 heteroatoms. The summed E-state index contributed by atoms with van der Waals surface area (Å²) in [6.45, 7) is 1.71. The molecule has 28 heavy (non-hydrogen) atoms. The van der Waals surface area contributed by atoms with E-state index >= 15 is 0 Å². The molecule has 0 saturated carbocycles. The van der Waals surface area contributed by atoms with Crippen LogP contribution in [-0.2, 0) is 9.47 Å². The number of carbonyl (C=O) groups is 1. The minimum absolute atomic E-state index is 0.0126. The van der Waals surface area contributed by atoms with E-state index in [0.29, 0.717) is 16.4 Å². The second-order valence-corrected chi connectivity index (χ2v) is 7.19. The van der Waals surface area contributed by atoms with Crippen molar-refractivity contribution >= 4 is 29.3 Å². The molecule has 2 N–H and O–H groups in total. The minimum atomic E-state index is -3.65. The van der Waals surface area contributed by atoms with Gasteiger partial charge in [0, 0.05) is 28.6 Å². The molecule has 3 aromatic rings. The van der Waals surface area contributed by atoms with Crippen molar-refractivity contribution in [3.63, 3.8) is 0 Å². The first kappa shape index (κ1) is 17.1. The number of ether oxygens (including phenoxy) is 2. The van der Waals surface area contributed by atoms with Gasteiger partial charge in [-0.1, -0.05) is 6.92 Å². The topological polar surface area (TPSA) is 102 Å². The van der Waals surface area contributed by atoms with Crippen LogP contribution < -0.4 is 5.32 Å². The Labute approximate surface area is 160 Å². The molecule has 8 nitrogen and oxygen atoms in total. The van der Waals surface area contributed by atoms with Crippen LogP contribution in [0.4, 0.5) is 14.7 Å². The number of anilines is 1. The third kappa shape index (κ3) is 2.79. The fourth-order valence-electron chi connectivity index (χ4n) is 3.16. The lowest BCUT2D eigenvalue weighted by Gasteiger charge is -2.20. The number of alkyl halides is 2. The monoisotopic (exact) mass is 406 g/mol. The minimum Gasteiger partial charge on any atom is -0.472 e. The van der Waals surface area contributed by atoms with E-state index in [4.69, 9.17) is 4.42 Å². The number of thiazole rings is 1. The van der Waals surface area contributed by atoms with E-state index in [9.17, 15) is 13.6 Å². The molecule has 5 rings (SSSR count). The van der Waals surface area contributed by atoms with E-state index in [1.165, 1.54) is 23.7 Å². The summed E-state index contributed by atoms with van der Waals surface area (Å²) >= 11 is 1.31. The molecule has 2 unspecified atom stereocenters. The summed E-state index contributed by atoms with van der Waals surface area (Å²) in [6.07, 6.45) is -0.114. The molecule has 0 radical (unpaired) electrons. The highest BCUT2D eigenvalue weighted by Crippen LogP contribution is 2.44. The molecular formula is C17H12F2N4O4S. The third-order valence-corrected chi connectivity index (χ3v) is 5.36. The summed E-state index contributed by atoms with van der Waals surface area (Å²) in [5, 5.41) is 4.91. The zero-order valence-electron chi connectivity index (χ0n) is 14.2. The number of aromatic nitrogens is 3. The summed E-state index contributed by atoms with van der Waals surface area (Å²) in [5.74, 6) is -0.702. The van der Waals surface area contributed by atoms with Gasteiger partial charge in [-0.3, -0.25) is 14.8 Å². The van der Waals surface area contributed by atoms with Crippen LogP contribution in [0, 0.1) is 0 Å². The Bertz CT molecular complexity index is 1090. The lowest BCUT2D eigenvalue weighted by Crippen LogP contribution is -2.24. The maximum Gasteiger partial charge on any atom is 0.535 e. The van der Waals surface area contributed by atoms with Crippen LogP contribution in [-0.4, -0.2) is 33.3 Å². The number of H-pyrrole nitrogens is 1. The number of hydrogen-bond donors (Lipinski definition) is 2. The van der Waals surface area contributed by atoms with Gasteiger partial charge in [0.05, 0.1) is 12.0 Å². The van der Waals surface area contributed by atoms with Crippen LogP contribution in [0.5, 0.6) is 0 Å². The molecule has 0 bridgehead atoms. The Morgan fingerprint density at radius 3 is 3.04 bits per heavy atom. The summed E-state index contributed by atoms with van der Waals surface area (Å²) in [7, 11) is 0. The van der Waals surface area contributed by atoms with E-state index < -0.39 is 24.2 Å². The van der Waals surface area contributed by atoms with E-state index in [1.54, 1.807) is 24.6 Å². The van der Waals surface area contributed by atoms with Gasteiger partial charge < -0.3 is 14.1 Å². The lowest BCUT2D eigenvalue weighted by molar-refractivity contribution is -0.342. The number of hydrogen-bond acceptors (Lipinski definition) is 7. The Hall–Kier alpha value is -3.05. The number of nitrogens with one attached hydrogen (secondary N) is 2. The predicted molar refractivity (Wildman–Crippen MR) is 93.7 cm³/mol. The Morgan fingerprint density at radius 1 is 1.39 bits per heavy atom. The second-order valence-electron chi connectivity index (χ2n) is 6.33. The maximum absolute atomic E-state index is 13.3. The second kappa shape index (κ2) is 5.97. The molecule has 1 saturated heterocycles. The highest BCUT2D eigenvalue weighted by molar-refractivity contribution is 7.13. The number of nitrogens with zero attached hydrogens (tertiary/aromatic N) is 2. The van der Waals surface area contributed by atoms with Gasteiger partial charge in [0.15, 0.2) is 0 Å². The first-order valence-corrected chi connectivity index (χ1v) is 9.13. The summed E-state index contributed by atoms with van der Waals surface area (Å²) < 4.78 is 40.8. The molecule has 2 atom stereocenters. The van der Waals surface area contributed by atoms with Crippen molar-refractivity contribution in [2.24, 2.45) is 0 Å². The molecule has 1 aliphatic carbocycles. The number of halogens is 2. The van der Waals surface area contributed by atoms with Gasteiger partial charge in [-0.25, -0.2) is 9.97 Å². The van der Waals surface area contributed by atoms with Crippen LogP contribution in [0.2, 0.25) is 0 Å². The van der Waals surface area contributed by atoms with Crippen molar-refractivity contribution in [3.05, 3.63) is 46.8 Å². The quantitative estimate of drug-likeness (QED) is 0.686. The fourth-order valence-corrected chi connectivity index (χ4v) is 3.94. The number of aromatic amines is 1. The van der Waals surface area contributed by atoms with Crippen LogP contribution >= 0.6 is 11.3 Å². The Balaban J connectivity index is 1.36. The average molecular weight is 406 g/mol. The summed E-state index contributed by atoms with van der Waals surface area (Å²) in [5.41, 5.74) is 1.99. The number of rotatable bonds is 3. The van der Waals surface area contributed by atoms with Gasteiger partial charge in [0.2, 0.25) is 5.95 Å². The fraction of sp³-hybridized carbons (Fsp3) is 0.235. The number of carbonyl (C=O) groups excluding carboxylic acids is 1. The van der Waals surface area contributed by atoms with Crippen LogP contribution in [0.3, 0.4) is 0 Å². The molecule has 0 spiro atoms. The van der Waals surface area contributed by atoms with E-state index in [2.05, 4.69) is 29.7 Å². The number of amides is 1. The van der Waals surface area contributed by atoms with Gasteiger partial charge in [-0.2, -0.15) is 0 Å². The molecule has 4 heterocycles. The molecule has 3 aromatic heterocycles. The molecule has 0 aromatic carbocycles. The highest BCUT2D eigenvalue weighted by atomic mass is 32.1. The molecular weight excluding hydrogens is 394 g/mol. The van der Waals surface area contributed by atoms with Gasteiger partial charge in [-0.05, 0) is 6.07 Å². The van der Waals surface area contributed by atoms with Crippen molar-refractivity contribution in [2.75, 3.05) is 5.32 Å². The Morgan fingerprint density at radius 2 is 2.25 bits per heavy atom. The number of fused-ring (bicyclic) bond motifs is 2. The van der Waals surface area contributed by atoms with E-state index in [0.717, 1.165) is 5.56 Å². The third-order valence-electron chi connectivity index (χ3n) is 4.47. The van der Waals surface area contributed by atoms with Crippen molar-refractivity contribution < 1.29 is 27.5 Å². The zero-order chi connectivity index (χ0) is 19.5. The van der Waals surface area contributed by atoms with Crippen LogP contribution in [0.1, 0.15) is 34.7 Å². The zero-order valence-corrected chi connectivity index (χ0v) is 15.0. The van der Waals surface area contributed by atoms with Crippen molar-refractivity contribution in [3.8, 4) is 10.6 Å². The highest BCUT2D eigenvalue weighted by Gasteiger charge is 2.51. The van der Waals surface area contributed by atoms with Gasteiger partial charge in [0.1, 0.15) is 28.8 Å². The van der Waals surface area contributed by atoms with Gasteiger partial charge >= 0.3 is 6.29 Å². The number of furan rings is 1. The largest absolute Gasteiger partial charge is 0.535 e. The smallest absolute Gasteiger partial charge is 0.472 e. The van der Waals surface area contributed by atoms with Crippen molar-refractivity contribution in [1.29, 1.82) is 0 Å². The molecule has 1 amide bonds. The first-order valence-electron chi connectivity index (χ1n) is 8.25. The number of imidazole rings is 1. The van der Waals surface area contributed by atoms with E-state index in [1.807, 2.05) is 0 Å². The van der Waals surface area contributed by atoms with Gasteiger partial charge in [-0.15, -0.1) is 20.1 Å². The van der Waals surface area contributed by atoms with E-state index in [-0.39, 0.29) is 17.4 Å². The standard InChI is InChI=1S/C17H12F2N4O4S/c1-7-12-9(4-11-13(7)27-17(18,19)26-11)21-16(22-12)23-14(24)10-6-28-15(20-10)8-2-3-25-5-8/h2-7,13H,1H3,(H2,21,22,23,24). The van der Waals surface area contributed by atoms with Crippen LogP contribution in [0.15, 0.2) is 34.1 Å². The Kier molecular flexibility index (Phi) is 3.64. The summed E-state index contributed by atoms with van der Waals surface area (Å²) in [4.78, 5) is 23.9.